The normalized spacial score (nSPS) is 12.8. The lowest BCUT2D eigenvalue weighted by Gasteiger charge is -2.09. The quantitative estimate of drug-likeness (QED) is 0.632. The molecule has 0 unspecified atom stereocenters. The molecule has 0 saturated carbocycles. The predicted octanol–water partition coefficient (Wildman–Crippen LogP) is 3.58. The number of halogens is 4. The van der Waals surface area contributed by atoms with Gasteiger partial charge in [-0.05, 0) is 24.6 Å². The first-order valence-electron chi connectivity index (χ1n) is 4.34. The number of thioether (sulfide) groups is 1. The van der Waals surface area contributed by atoms with Gasteiger partial charge in [0.25, 0.3) is 9.05 Å². The third-order valence-electron chi connectivity index (χ3n) is 1.75. The Morgan fingerprint density at radius 3 is 2.41 bits per heavy atom. The highest BCUT2D eigenvalue weighted by atomic mass is 35.7. The Labute approximate surface area is 106 Å². The minimum absolute atomic E-state index is 0.00271. The Bertz CT molecular complexity index is 511. The zero-order valence-corrected chi connectivity index (χ0v) is 11.0. The van der Waals surface area contributed by atoms with Crippen molar-refractivity contribution in [3.05, 3.63) is 23.8 Å². The summed E-state index contributed by atoms with van der Waals surface area (Å²) in [6, 6.07) is 4.10. The van der Waals surface area contributed by atoms with Crippen molar-refractivity contribution in [3.8, 4) is 0 Å². The lowest BCUT2D eigenvalue weighted by atomic mass is 10.2. The summed E-state index contributed by atoms with van der Waals surface area (Å²) >= 11 is 0.401. The SMILES string of the molecule is Cc1ccc(SCC(F)(F)F)c(S(=O)(=O)Cl)c1. The highest BCUT2D eigenvalue weighted by Crippen LogP contribution is 2.33. The third-order valence-corrected chi connectivity index (χ3v) is 4.38. The summed E-state index contributed by atoms with van der Waals surface area (Å²) in [6.45, 7) is 1.63. The van der Waals surface area contributed by atoms with Crippen molar-refractivity contribution in [1.29, 1.82) is 0 Å². The number of alkyl halides is 3. The third kappa shape index (κ3) is 4.77. The van der Waals surface area contributed by atoms with Crippen LogP contribution in [0.1, 0.15) is 5.56 Å². The topological polar surface area (TPSA) is 34.1 Å². The molecule has 0 heterocycles. The molecule has 0 fully saturated rings. The fourth-order valence-electron chi connectivity index (χ4n) is 1.08. The largest absolute Gasteiger partial charge is 0.398 e. The number of benzene rings is 1. The zero-order chi connectivity index (χ0) is 13.3. The van der Waals surface area contributed by atoms with Crippen molar-refractivity contribution in [2.45, 2.75) is 22.9 Å². The molecule has 0 spiro atoms. The summed E-state index contributed by atoms with van der Waals surface area (Å²) in [7, 11) is 1.12. The van der Waals surface area contributed by atoms with Gasteiger partial charge in [0.05, 0.1) is 10.6 Å². The summed E-state index contributed by atoms with van der Waals surface area (Å²) in [6.07, 6.45) is -4.36. The Hall–Kier alpha value is -0.400. The molecule has 17 heavy (non-hydrogen) atoms. The van der Waals surface area contributed by atoms with Crippen LogP contribution in [0.4, 0.5) is 13.2 Å². The van der Waals surface area contributed by atoms with E-state index in [-0.39, 0.29) is 9.79 Å². The van der Waals surface area contributed by atoms with Gasteiger partial charge in [-0.25, -0.2) is 8.42 Å². The lowest BCUT2D eigenvalue weighted by molar-refractivity contribution is -0.105. The molecule has 0 N–H and O–H groups in total. The van der Waals surface area contributed by atoms with Crippen LogP contribution in [0, 0.1) is 6.92 Å². The van der Waals surface area contributed by atoms with Crippen molar-refractivity contribution in [3.63, 3.8) is 0 Å². The average Bonchev–Trinajstić information content (AvgIpc) is 2.13. The summed E-state index contributed by atoms with van der Waals surface area (Å²) in [5.41, 5.74) is 0.612. The number of hydrogen-bond donors (Lipinski definition) is 0. The number of rotatable bonds is 3. The van der Waals surface area contributed by atoms with Gasteiger partial charge in [-0.15, -0.1) is 11.8 Å². The highest BCUT2D eigenvalue weighted by molar-refractivity contribution is 8.14. The van der Waals surface area contributed by atoms with E-state index in [0.717, 1.165) is 0 Å². The van der Waals surface area contributed by atoms with Crippen molar-refractivity contribution < 1.29 is 21.6 Å². The van der Waals surface area contributed by atoms with Gasteiger partial charge in [0.1, 0.15) is 0 Å². The van der Waals surface area contributed by atoms with Gasteiger partial charge < -0.3 is 0 Å². The molecule has 1 rings (SSSR count). The van der Waals surface area contributed by atoms with Crippen LogP contribution in [0.25, 0.3) is 0 Å². The average molecular weight is 305 g/mol. The van der Waals surface area contributed by atoms with E-state index in [9.17, 15) is 21.6 Å². The predicted molar refractivity (Wildman–Crippen MR) is 61.0 cm³/mol. The molecular weight excluding hydrogens is 297 g/mol. The van der Waals surface area contributed by atoms with Crippen molar-refractivity contribution in [2.75, 3.05) is 5.75 Å². The molecular formula is C9H8ClF3O2S2. The maximum absolute atomic E-state index is 12.0. The van der Waals surface area contributed by atoms with Gasteiger partial charge in [0, 0.05) is 15.6 Å². The van der Waals surface area contributed by atoms with Crippen LogP contribution < -0.4 is 0 Å². The Morgan fingerprint density at radius 2 is 1.94 bits per heavy atom. The molecule has 0 aromatic heterocycles. The smallest absolute Gasteiger partial charge is 0.207 e. The molecule has 1 aromatic carbocycles. The van der Waals surface area contributed by atoms with Crippen LogP contribution in [0.2, 0.25) is 0 Å². The second-order valence-electron chi connectivity index (χ2n) is 3.29. The molecule has 96 valence electrons. The second kappa shape index (κ2) is 5.07. The Morgan fingerprint density at radius 1 is 1.35 bits per heavy atom. The molecule has 0 aliphatic heterocycles. The van der Waals surface area contributed by atoms with E-state index in [2.05, 4.69) is 0 Å². The molecule has 0 atom stereocenters. The Balaban J connectivity index is 3.08. The van der Waals surface area contributed by atoms with Crippen LogP contribution in [-0.4, -0.2) is 20.3 Å². The maximum atomic E-state index is 12.0. The fraction of sp³-hybridized carbons (Fsp3) is 0.333. The summed E-state index contributed by atoms with van der Waals surface area (Å²) in [5, 5.41) is 0. The van der Waals surface area contributed by atoms with Gasteiger partial charge in [-0.1, -0.05) is 6.07 Å². The summed E-state index contributed by atoms with van der Waals surface area (Å²) < 4.78 is 58.5. The Kier molecular flexibility index (Phi) is 4.38. The van der Waals surface area contributed by atoms with E-state index in [4.69, 9.17) is 10.7 Å². The van der Waals surface area contributed by atoms with Crippen LogP contribution in [0.3, 0.4) is 0 Å². The van der Waals surface area contributed by atoms with Crippen LogP contribution >= 0.6 is 22.4 Å². The van der Waals surface area contributed by atoms with Gasteiger partial charge in [-0.3, -0.25) is 0 Å². The van der Waals surface area contributed by atoms with E-state index in [1.807, 2.05) is 0 Å². The first-order chi connectivity index (χ1) is 7.59. The number of hydrogen-bond acceptors (Lipinski definition) is 3. The van der Waals surface area contributed by atoms with E-state index < -0.39 is 21.0 Å². The van der Waals surface area contributed by atoms with Gasteiger partial charge in [0.15, 0.2) is 0 Å². The molecule has 8 heteroatoms. The van der Waals surface area contributed by atoms with E-state index in [1.54, 1.807) is 6.92 Å². The molecule has 0 amide bonds. The van der Waals surface area contributed by atoms with Gasteiger partial charge in [0.2, 0.25) is 0 Å². The zero-order valence-electron chi connectivity index (χ0n) is 8.58. The monoisotopic (exact) mass is 304 g/mol. The fourth-order valence-corrected chi connectivity index (χ4v) is 3.43. The highest BCUT2D eigenvalue weighted by Gasteiger charge is 2.28. The van der Waals surface area contributed by atoms with Crippen molar-refractivity contribution in [2.24, 2.45) is 0 Å². The van der Waals surface area contributed by atoms with Crippen molar-refractivity contribution in [1.82, 2.24) is 0 Å². The van der Waals surface area contributed by atoms with E-state index in [0.29, 0.717) is 17.3 Å². The minimum Gasteiger partial charge on any atom is -0.207 e. The van der Waals surface area contributed by atoms with Crippen LogP contribution in [0.15, 0.2) is 28.0 Å². The first-order valence-corrected chi connectivity index (χ1v) is 7.64. The molecule has 0 radical (unpaired) electrons. The molecule has 0 aliphatic rings. The molecule has 2 nitrogen and oxygen atoms in total. The van der Waals surface area contributed by atoms with Gasteiger partial charge >= 0.3 is 6.18 Å². The lowest BCUT2D eigenvalue weighted by Crippen LogP contribution is -2.11. The van der Waals surface area contributed by atoms with E-state index in [1.165, 1.54) is 18.2 Å². The number of aryl methyl sites for hydroxylation is 1. The summed E-state index contributed by atoms with van der Waals surface area (Å²) in [5.74, 6) is -1.16. The molecule has 0 bridgehead atoms. The molecule has 0 aliphatic carbocycles. The maximum Gasteiger partial charge on any atom is 0.398 e. The first kappa shape index (κ1) is 14.7. The van der Waals surface area contributed by atoms with E-state index >= 15 is 0 Å². The standard InChI is InChI=1S/C9H8ClF3O2S2/c1-6-2-3-7(16-5-9(11,12)13)8(4-6)17(10,14)15/h2-4H,5H2,1H3. The van der Waals surface area contributed by atoms with Crippen LogP contribution in [-0.2, 0) is 9.05 Å². The second-order valence-corrected chi connectivity index (χ2v) is 6.84. The summed E-state index contributed by atoms with van der Waals surface area (Å²) in [4.78, 5) is -0.281. The van der Waals surface area contributed by atoms with Gasteiger partial charge in [-0.2, -0.15) is 13.2 Å². The molecule has 1 aromatic rings. The van der Waals surface area contributed by atoms with Crippen molar-refractivity contribution >= 4 is 31.5 Å². The van der Waals surface area contributed by atoms with Crippen LogP contribution in [0.5, 0.6) is 0 Å². The minimum atomic E-state index is -4.36. The molecule has 0 saturated heterocycles.